The minimum absolute atomic E-state index is 0.202. The fourth-order valence-corrected chi connectivity index (χ4v) is 2.34. The van der Waals surface area contributed by atoms with Gasteiger partial charge in [-0.15, -0.1) is 0 Å². The second-order valence-electron chi connectivity index (χ2n) is 5.58. The minimum Gasteiger partial charge on any atom is -0.393 e. The highest BCUT2D eigenvalue weighted by molar-refractivity contribution is 4.61. The zero-order valence-corrected chi connectivity index (χ0v) is 12.5. The zero-order valence-electron chi connectivity index (χ0n) is 12.5. The quantitative estimate of drug-likeness (QED) is 0.480. The molecule has 0 saturated carbocycles. The van der Waals surface area contributed by atoms with E-state index in [0.29, 0.717) is 0 Å². The lowest BCUT2D eigenvalue weighted by atomic mass is 10.0. The number of unbranched alkanes of at least 4 members (excludes halogenated alkanes) is 6. The molecular weight excluding hydrogens is 224 g/mol. The summed E-state index contributed by atoms with van der Waals surface area (Å²) in [5.74, 6) is 0. The van der Waals surface area contributed by atoms with Gasteiger partial charge in [-0.25, -0.2) is 0 Å². The Kier molecular flexibility index (Phi) is 13.3. The molecule has 0 radical (unpaired) electrons. The summed E-state index contributed by atoms with van der Waals surface area (Å²) < 4.78 is 0. The Labute approximate surface area is 114 Å². The van der Waals surface area contributed by atoms with Crippen LogP contribution in [-0.4, -0.2) is 22.4 Å². The van der Waals surface area contributed by atoms with Crippen LogP contribution in [0.2, 0.25) is 0 Å². The first kappa shape index (κ1) is 17.9. The highest BCUT2D eigenvalue weighted by Crippen LogP contribution is 2.13. The van der Waals surface area contributed by atoms with Crippen molar-refractivity contribution in [3.63, 3.8) is 0 Å². The first-order chi connectivity index (χ1) is 8.70. The fraction of sp³-hybridized carbons (Fsp3) is 1.00. The molecule has 0 aromatic rings. The van der Waals surface area contributed by atoms with E-state index in [1.807, 2.05) is 0 Å². The zero-order chi connectivity index (χ0) is 13.6. The van der Waals surface area contributed by atoms with E-state index in [0.717, 1.165) is 38.5 Å². The van der Waals surface area contributed by atoms with E-state index in [1.165, 1.54) is 38.5 Å². The van der Waals surface area contributed by atoms with Crippen molar-refractivity contribution < 1.29 is 10.2 Å². The van der Waals surface area contributed by atoms with Crippen molar-refractivity contribution in [2.45, 2.75) is 103 Å². The van der Waals surface area contributed by atoms with Gasteiger partial charge in [0.15, 0.2) is 0 Å². The maximum absolute atomic E-state index is 9.80. The monoisotopic (exact) mass is 258 g/mol. The van der Waals surface area contributed by atoms with E-state index in [4.69, 9.17) is 0 Å². The molecule has 0 saturated heterocycles. The standard InChI is InChI=1S/C16H34O2/c1-3-5-6-7-8-9-10-12-16(18)14-13-15(17)11-4-2/h15-18H,3-14H2,1-2H3/t15-,16?/m0/s1. The number of hydrogen-bond acceptors (Lipinski definition) is 2. The average Bonchev–Trinajstić information content (AvgIpc) is 2.35. The molecule has 2 N–H and O–H groups in total. The fourth-order valence-electron chi connectivity index (χ4n) is 2.34. The van der Waals surface area contributed by atoms with Crippen molar-refractivity contribution in [3.8, 4) is 0 Å². The minimum atomic E-state index is -0.210. The van der Waals surface area contributed by atoms with Crippen molar-refractivity contribution in [2.24, 2.45) is 0 Å². The smallest absolute Gasteiger partial charge is 0.0541 e. The molecule has 2 nitrogen and oxygen atoms in total. The topological polar surface area (TPSA) is 40.5 Å². The van der Waals surface area contributed by atoms with Crippen LogP contribution >= 0.6 is 0 Å². The molecule has 18 heavy (non-hydrogen) atoms. The van der Waals surface area contributed by atoms with Gasteiger partial charge in [-0.3, -0.25) is 0 Å². The molecule has 1 unspecified atom stereocenters. The molecule has 2 heteroatoms. The molecule has 0 aliphatic rings. The predicted octanol–water partition coefficient (Wildman–Crippen LogP) is 4.43. The van der Waals surface area contributed by atoms with Gasteiger partial charge in [0.25, 0.3) is 0 Å². The molecule has 0 aliphatic carbocycles. The van der Waals surface area contributed by atoms with Crippen LogP contribution in [0, 0.1) is 0 Å². The van der Waals surface area contributed by atoms with Gasteiger partial charge in [-0.2, -0.15) is 0 Å². The first-order valence-electron chi connectivity index (χ1n) is 8.06. The SMILES string of the molecule is CCCCCCCCCC(O)CC[C@@H](O)CCC. The van der Waals surface area contributed by atoms with Crippen molar-refractivity contribution in [2.75, 3.05) is 0 Å². The van der Waals surface area contributed by atoms with E-state index in [2.05, 4.69) is 13.8 Å². The maximum atomic E-state index is 9.80. The van der Waals surface area contributed by atoms with E-state index >= 15 is 0 Å². The summed E-state index contributed by atoms with van der Waals surface area (Å²) in [6, 6.07) is 0. The Morgan fingerprint density at radius 3 is 1.61 bits per heavy atom. The number of hydrogen-bond donors (Lipinski definition) is 2. The van der Waals surface area contributed by atoms with Crippen LogP contribution < -0.4 is 0 Å². The van der Waals surface area contributed by atoms with E-state index in [1.54, 1.807) is 0 Å². The van der Waals surface area contributed by atoms with Gasteiger partial charge in [0.2, 0.25) is 0 Å². The number of aliphatic hydroxyl groups is 2. The molecule has 0 amide bonds. The van der Waals surface area contributed by atoms with Gasteiger partial charge in [-0.1, -0.05) is 65.2 Å². The molecular formula is C16H34O2. The molecule has 0 fully saturated rings. The second-order valence-corrected chi connectivity index (χ2v) is 5.58. The highest BCUT2D eigenvalue weighted by Gasteiger charge is 2.08. The van der Waals surface area contributed by atoms with Crippen LogP contribution in [0.15, 0.2) is 0 Å². The van der Waals surface area contributed by atoms with Crippen molar-refractivity contribution in [1.82, 2.24) is 0 Å². The summed E-state index contributed by atoms with van der Waals surface area (Å²) in [4.78, 5) is 0. The summed E-state index contributed by atoms with van der Waals surface area (Å²) in [7, 11) is 0. The highest BCUT2D eigenvalue weighted by atomic mass is 16.3. The third-order valence-electron chi connectivity index (χ3n) is 3.60. The summed E-state index contributed by atoms with van der Waals surface area (Å²) in [5, 5.41) is 19.4. The Balaban J connectivity index is 3.23. The third kappa shape index (κ3) is 12.4. The average molecular weight is 258 g/mol. The molecule has 0 bridgehead atoms. The lowest BCUT2D eigenvalue weighted by Crippen LogP contribution is -2.13. The Morgan fingerprint density at radius 2 is 1.06 bits per heavy atom. The molecule has 0 aliphatic heterocycles. The van der Waals surface area contributed by atoms with E-state index in [9.17, 15) is 10.2 Å². The maximum Gasteiger partial charge on any atom is 0.0541 e. The Morgan fingerprint density at radius 1 is 0.556 bits per heavy atom. The van der Waals surface area contributed by atoms with Crippen LogP contribution in [0.3, 0.4) is 0 Å². The van der Waals surface area contributed by atoms with Gasteiger partial charge < -0.3 is 10.2 Å². The Bertz CT molecular complexity index is 159. The van der Waals surface area contributed by atoms with Gasteiger partial charge in [0.05, 0.1) is 12.2 Å². The number of rotatable bonds is 13. The summed E-state index contributed by atoms with van der Waals surface area (Å²) in [6.45, 7) is 4.32. The second kappa shape index (κ2) is 13.4. The lowest BCUT2D eigenvalue weighted by molar-refractivity contribution is 0.102. The van der Waals surface area contributed by atoms with Crippen molar-refractivity contribution in [1.29, 1.82) is 0 Å². The van der Waals surface area contributed by atoms with Crippen LogP contribution in [0.5, 0.6) is 0 Å². The summed E-state index contributed by atoms with van der Waals surface area (Å²) >= 11 is 0. The molecule has 110 valence electrons. The molecule has 0 spiro atoms. The van der Waals surface area contributed by atoms with E-state index in [-0.39, 0.29) is 12.2 Å². The molecule has 0 heterocycles. The normalized spacial score (nSPS) is 14.7. The van der Waals surface area contributed by atoms with Gasteiger partial charge >= 0.3 is 0 Å². The largest absolute Gasteiger partial charge is 0.393 e. The van der Waals surface area contributed by atoms with Crippen molar-refractivity contribution in [3.05, 3.63) is 0 Å². The van der Waals surface area contributed by atoms with Crippen LogP contribution in [-0.2, 0) is 0 Å². The lowest BCUT2D eigenvalue weighted by Gasteiger charge is -2.13. The molecule has 2 atom stereocenters. The van der Waals surface area contributed by atoms with Crippen LogP contribution in [0.1, 0.15) is 90.9 Å². The van der Waals surface area contributed by atoms with Gasteiger partial charge in [0.1, 0.15) is 0 Å². The van der Waals surface area contributed by atoms with Gasteiger partial charge in [-0.05, 0) is 25.7 Å². The van der Waals surface area contributed by atoms with Crippen LogP contribution in [0.4, 0.5) is 0 Å². The summed E-state index contributed by atoms with van der Waals surface area (Å²) in [5.41, 5.74) is 0. The third-order valence-corrected chi connectivity index (χ3v) is 3.60. The van der Waals surface area contributed by atoms with Crippen molar-refractivity contribution >= 4 is 0 Å². The molecule has 0 aromatic carbocycles. The first-order valence-corrected chi connectivity index (χ1v) is 8.06. The molecule has 0 rings (SSSR count). The summed E-state index contributed by atoms with van der Waals surface area (Å²) in [6.07, 6.45) is 13.0. The number of aliphatic hydroxyl groups excluding tert-OH is 2. The predicted molar refractivity (Wildman–Crippen MR) is 78.8 cm³/mol. The van der Waals surface area contributed by atoms with E-state index < -0.39 is 0 Å². The van der Waals surface area contributed by atoms with Crippen LogP contribution in [0.25, 0.3) is 0 Å². The molecule has 0 aromatic heterocycles. The van der Waals surface area contributed by atoms with Gasteiger partial charge in [0, 0.05) is 0 Å². The Hall–Kier alpha value is -0.0800.